The van der Waals surface area contributed by atoms with Gasteiger partial charge in [0, 0.05) is 39.1 Å². The molecule has 9 nitrogen and oxygen atoms in total. The Bertz CT molecular complexity index is 818. The number of hydrogen-bond acceptors (Lipinski definition) is 7. The quantitative estimate of drug-likeness (QED) is 0.582. The lowest BCUT2D eigenvalue weighted by atomic mass is 10.0. The molecule has 1 atom stereocenters. The molecule has 0 saturated carbocycles. The van der Waals surface area contributed by atoms with E-state index in [9.17, 15) is 19.2 Å². The predicted octanol–water partition coefficient (Wildman–Crippen LogP) is -1.00. The first-order chi connectivity index (χ1) is 13.1. The van der Waals surface area contributed by atoms with Gasteiger partial charge in [-0.25, -0.2) is 5.01 Å². The predicted molar refractivity (Wildman–Crippen MR) is 94.4 cm³/mol. The molecular weight excluding hydrogens is 350 g/mol. The summed E-state index contributed by atoms with van der Waals surface area (Å²) in [6.45, 7) is 3.90. The van der Waals surface area contributed by atoms with Gasteiger partial charge in [0.1, 0.15) is 6.04 Å². The van der Waals surface area contributed by atoms with E-state index in [0.29, 0.717) is 17.7 Å². The first-order valence-electron chi connectivity index (χ1n) is 9.09. The molecule has 3 aliphatic heterocycles. The van der Waals surface area contributed by atoms with Crippen molar-refractivity contribution >= 4 is 23.6 Å². The van der Waals surface area contributed by atoms with Crippen molar-refractivity contribution in [2.75, 3.05) is 26.2 Å². The molecule has 1 aromatic carbocycles. The van der Waals surface area contributed by atoms with Crippen LogP contribution < -0.4 is 16.1 Å². The number of imide groups is 2. The van der Waals surface area contributed by atoms with Gasteiger partial charge in [-0.15, -0.1) is 0 Å². The second kappa shape index (κ2) is 7.18. The molecule has 3 aliphatic rings. The average molecular weight is 371 g/mol. The summed E-state index contributed by atoms with van der Waals surface area (Å²) in [6.07, 6.45) is 0.270. The third-order valence-electron chi connectivity index (χ3n) is 5.16. The minimum Gasteiger partial charge on any atom is -0.314 e. The minimum absolute atomic E-state index is 0.112. The van der Waals surface area contributed by atoms with Gasteiger partial charge in [0.2, 0.25) is 11.8 Å². The Hall–Kier alpha value is -2.62. The molecule has 3 heterocycles. The lowest BCUT2D eigenvalue weighted by Crippen LogP contribution is -2.54. The Morgan fingerprint density at radius 2 is 1.85 bits per heavy atom. The van der Waals surface area contributed by atoms with Crippen molar-refractivity contribution in [2.45, 2.75) is 25.4 Å². The number of rotatable bonds is 4. The van der Waals surface area contributed by atoms with Crippen LogP contribution in [0.1, 0.15) is 39.1 Å². The van der Waals surface area contributed by atoms with E-state index in [1.54, 1.807) is 12.1 Å². The monoisotopic (exact) mass is 371 g/mol. The average Bonchev–Trinajstić information content (AvgIpc) is 2.93. The van der Waals surface area contributed by atoms with Gasteiger partial charge in [-0.3, -0.25) is 34.8 Å². The first-order valence-corrected chi connectivity index (χ1v) is 9.09. The molecule has 142 valence electrons. The van der Waals surface area contributed by atoms with Gasteiger partial charge in [-0.2, -0.15) is 0 Å². The van der Waals surface area contributed by atoms with E-state index in [0.717, 1.165) is 36.6 Å². The van der Waals surface area contributed by atoms with Gasteiger partial charge in [0.15, 0.2) is 0 Å². The fourth-order valence-electron chi connectivity index (χ4n) is 3.75. The Kier molecular flexibility index (Phi) is 4.73. The van der Waals surface area contributed by atoms with Crippen molar-refractivity contribution in [3.8, 4) is 0 Å². The molecule has 0 spiro atoms. The number of hydrogen-bond donors (Lipinski definition) is 3. The van der Waals surface area contributed by atoms with Crippen LogP contribution in [0.5, 0.6) is 0 Å². The zero-order valence-corrected chi connectivity index (χ0v) is 14.8. The number of amides is 4. The van der Waals surface area contributed by atoms with Crippen LogP contribution in [0.2, 0.25) is 0 Å². The van der Waals surface area contributed by atoms with Crippen LogP contribution in [0, 0.1) is 0 Å². The van der Waals surface area contributed by atoms with Crippen molar-refractivity contribution in [1.29, 1.82) is 0 Å². The van der Waals surface area contributed by atoms with E-state index in [4.69, 9.17) is 0 Å². The van der Waals surface area contributed by atoms with Crippen LogP contribution in [0.15, 0.2) is 18.2 Å². The number of fused-ring (bicyclic) bond motifs is 1. The number of nitrogens with zero attached hydrogens (tertiary/aromatic N) is 2. The van der Waals surface area contributed by atoms with Gasteiger partial charge in [-0.1, -0.05) is 12.1 Å². The standard InChI is InChI=1S/C18H21N5O4/c24-14-5-4-13(16(25)21-14)23-17(26)12-3-1-2-11(15(12)18(23)27)10-20-22-8-6-19-7-9-22/h1-3,13,19-20H,4-10H2,(H,21,24,25). The lowest BCUT2D eigenvalue weighted by molar-refractivity contribution is -0.136. The van der Waals surface area contributed by atoms with Crippen molar-refractivity contribution in [2.24, 2.45) is 0 Å². The van der Waals surface area contributed by atoms with Crippen LogP contribution in [-0.4, -0.2) is 65.8 Å². The largest absolute Gasteiger partial charge is 0.314 e. The van der Waals surface area contributed by atoms with E-state index in [-0.39, 0.29) is 18.7 Å². The van der Waals surface area contributed by atoms with Crippen molar-refractivity contribution in [3.05, 3.63) is 34.9 Å². The number of carbonyl (C=O) groups excluding carboxylic acids is 4. The molecule has 2 fully saturated rings. The Balaban J connectivity index is 1.55. The molecule has 3 N–H and O–H groups in total. The fourth-order valence-corrected chi connectivity index (χ4v) is 3.75. The van der Waals surface area contributed by atoms with E-state index in [1.165, 1.54) is 0 Å². The molecule has 0 radical (unpaired) electrons. The first kappa shape index (κ1) is 17.8. The molecule has 4 rings (SSSR count). The van der Waals surface area contributed by atoms with Gasteiger partial charge >= 0.3 is 0 Å². The molecule has 1 aromatic rings. The highest BCUT2D eigenvalue weighted by Crippen LogP contribution is 2.29. The maximum absolute atomic E-state index is 13.0. The highest BCUT2D eigenvalue weighted by atomic mass is 16.2. The summed E-state index contributed by atoms with van der Waals surface area (Å²) >= 11 is 0. The van der Waals surface area contributed by atoms with Gasteiger partial charge in [0.25, 0.3) is 11.8 Å². The number of carbonyl (C=O) groups is 4. The zero-order valence-electron chi connectivity index (χ0n) is 14.8. The van der Waals surface area contributed by atoms with E-state index >= 15 is 0 Å². The van der Waals surface area contributed by atoms with Crippen LogP contribution in [0.3, 0.4) is 0 Å². The van der Waals surface area contributed by atoms with E-state index < -0.39 is 23.8 Å². The second-order valence-electron chi connectivity index (χ2n) is 6.86. The third-order valence-corrected chi connectivity index (χ3v) is 5.16. The molecule has 0 bridgehead atoms. The summed E-state index contributed by atoms with van der Waals surface area (Å²) in [6, 6.07) is 4.22. The molecule has 27 heavy (non-hydrogen) atoms. The Morgan fingerprint density at radius 1 is 1.07 bits per heavy atom. The van der Waals surface area contributed by atoms with Crippen LogP contribution >= 0.6 is 0 Å². The maximum atomic E-state index is 13.0. The molecule has 0 aliphatic carbocycles. The fraction of sp³-hybridized carbons (Fsp3) is 0.444. The Labute approximate surface area is 156 Å². The molecule has 0 aromatic heterocycles. The number of hydrazine groups is 1. The molecular formula is C18H21N5O4. The van der Waals surface area contributed by atoms with Crippen LogP contribution in [0.25, 0.3) is 0 Å². The summed E-state index contributed by atoms with van der Waals surface area (Å²) < 4.78 is 0. The number of piperidine rings is 1. The second-order valence-corrected chi connectivity index (χ2v) is 6.86. The SMILES string of the molecule is O=C1CCC(N2C(=O)c3cccc(CNN4CCNCC4)c3C2=O)C(=O)N1. The minimum atomic E-state index is -0.941. The zero-order chi connectivity index (χ0) is 19.0. The maximum Gasteiger partial charge on any atom is 0.262 e. The summed E-state index contributed by atoms with van der Waals surface area (Å²) in [5.74, 6) is -1.93. The van der Waals surface area contributed by atoms with E-state index in [1.807, 2.05) is 6.07 Å². The van der Waals surface area contributed by atoms with Crippen LogP contribution in [0.4, 0.5) is 0 Å². The van der Waals surface area contributed by atoms with Gasteiger partial charge in [-0.05, 0) is 18.1 Å². The molecule has 9 heteroatoms. The number of piperazine rings is 1. The highest BCUT2D eigenvalue weighted by molar-refractivity contribution is 6.24. The molecule has 1 unspecified atom stereocenters. The normalized spacial score (nSPS) is 23.6. The van der Waals surface area contributed by atoms with Crippen molar-refractivity contribution < 1.29 is 19.2 Å². The summed E-state index contributed by atoms with van der Waals surface area (Å²) in [7, 11) is 0. The lowest BCUT2D eigenvalue weighted by Gasteiger charge is -2.28. The summed E-state index contributed by atoms with van der Waals surface area (Å²) in [5, 5.41) is 7.55. The topological polar surface area (TPSA) is 111 Å². The molecule has 4 amide bonds. The highest BCUT2D eigenvalue weighted by Gasteiger charge is 2.45. The number of nitrogens with one attached hydrogen (secondary N) is 3. The van der Waals surface area contributed by atoms with Crippen molar-refractivity contribution in [1.82, 2.24) is 26.0 Å². The Morgan fingerprint density at radius 3 is 2.59 bits per heavy atom. The molecule has 2 saturated heterocycles. The van der Waals surface area contributed by atoms with Gasteiger partial charge in [0.05, 0.1) is 11.1 Å². The van der Waals surface area contributed by atoms with Crippen molar-refractivity contribution in [3.63, 3.8) is 0 Å². The summed E-state index contributed by atoms with van der Waals surface area (Å²) in [5.41, 5.74) is 4.67. The van der Waals surface area contributed by atoms with Crippen LogP contribution in [-0.2, 0) is 16.1 Å². The van der Waals surface area contributed by atoms with E-state index in [2.05, 4.69) is 21.1 Å². The number of benzene rings is 1. The smallest absolute Gasteiger partial charge is 0.262 e. The third kappa shape index (κ3) is 3.25. The summed E-state index contributed by atoms with van der Waals surface area (Å²) in [4.78, 5) is 50.3. The van der Waals surface area contributed by atoms with Gasteiger partial charge < -0.3 is 5.32 Å².